The number of fused-ring (bicyclic) bond motifs is 1. The topological polar surface area (TPSA) is 64.3 Å². The third kappa shape index (κ3) is 5.01. The average molecular weight is 561 g/mol. The van der Waals surface area contributed by atoms with Crippen LogP contribution in [0.5, 0.6) is 0 Å². The third-order valence-electron chi connectivity index (χ3n) is 6.19. The average Bonchev–Trinajstić information content (AvgIpc) is 3.74. The normalized spacial score (nSPS) is 11.4. The fourth-order valence-electron chi connectivity index (χ4n) is 4.40. The van der Waals surface area contributed by atoms with Crippen LogP contribution in [0.15, 0.2) is 115 Å². The second-order valence-electron chi connectivity index (χ2n) is 8.65. The van der Waals surface area contributed by atoms with Gasteiger partial charge in [0, 0.05) is 35.5 Å². The van der Waals surface area contributed by atoms with Crippen molar-refractivity contribution in [1.29, 1.82) is 5.26 Å². The third-order valence-corrected chi connectivity index (χ3v) is 9.77. The van der Waals surface area contributed by atoms with Crippen molar-refractivity contribution in [3.8, 4) is 25.6 Å². The summed E-state index contributed by atoms with van der Waals surface area (Å²) in [7, 11) is 0. The summed E-state index contributed by atoms with van der Waals surface area (Å²) in [6.07, 6.45) is 1.42. The highest BCUT2D eigenvalue weighted by molar-refractivity contribution is 7.27. The van der Waals surface area contributed by atoms with E-state index in [2.05, 4.69) is 95.9 Å². The molecule has 4 nitrogen and oxygen atoms in total. The predicted molar refractivity (Wildman–Crippen MR) is 164 cm³/mol. The van der Waals surface area contributed by atoms with E-state index in [1.807, 2.05) is 18.2 Å². The van der Waals surface area contributed by atoms with Gasteiger partial charge in [0.1, 0.15) is 16.6 Å². The maximum atomic E-state index is 11.2. The van der Waals surface area contributed by atoms with Gasteiger partial charge in [-0.05, 0) is 66.1 Å². The molecule has 0 aliphatic rings. The number of benzene rings is 3. The molecule has 0 fully saturated rings. The zero-order valence-electron chi connectivity index (χ0n) is 20.4. The molecule has 1 N–H and O–H groups in total. The van der Waals surface area contributed by atoms with E-state index in [9.17, 15) is 4.79 Å². The van der Waals surface area contributed by atoms with Crippen LogP contribution < -0.4 is 4.90 Å². The molecule has 0 unspecified atom stereocenters. The van der Waals surface area contributed by atoms with Gasteiger partial charge in [-0.15, -0.1) is 34.0 Å². The quantitative estimate of drug-likeness (QED) is 0.156. The molecule has 0 amide bonds. The maximum absolute atomic E-state index is 11.2. The molecular formula is C32H20N2O2S3. The molecule has 0 aliphatic heterocycles. The number of carboxylic acids is 1. The lowest BCUT2D eigenvalue weighted by Gasteiger charge is -2.25. The van der Waals surface area contributed by atoms with Gasteiger partial charge in [-0.2, -0.15) is 5.26 Å². The number of hydrogen-bond donors (Lipinski definition) is 1. The summed E-state index contributed by atoms with van der Waals surface area (Å²) in [5, 5.41) is 21.7. The zero-order chi connectivity index (χ0) is 26.8. The van der Waals surface area contributed by atoms with E-state index in [0.29, 0.717) is 0 Å². The fraction of sp³-hybridized carbons (Fsp3) is 0. The van der Waals surface area contributed by atoms with Gasteiger partial charge >= 0.3 is 5.97 Å². The number of carboxylic acid groups (broad SMARTS) is 1. The van der Waals surface area contributed by atoms with Crippen LogP contribution in [0.3, 0.4) is 0 Å². The number of aliphatic carboxylic acids is 1. The fourth-order valence-corrected chi connectivity index (χ4v) is 7.57. The van der Waals surface area contributed by atoms with Crippen LogP contribution in [0.4, 0.5) is 16.4 Å². The molecule has 3 heterocycles. The lowest BCUT2D eigenvalue weighted by molar-refractivity contribution is -0.132. The molecule has 3 aromatic heterocycles. The second kappa shape index (κ2) is 10.7. The summed E-state index contributed by atoms with van der Waals surface area (Å²) in [5.74, 6) is -1.22. The highest BCUT2D eigenvalue weighted by Crippen LogP contribution is 2.46. The van der Waals surface area contributed by atoms with Crippen molar-refractivity contribution in [1.82, 2.24) is 0 Å². The van der Waals surface area contributed by atoms with E-state index >= 15 is 0 Å². The Hall–Kier alpha value is -4.48. The van der Waals surface area contributed by atoms with E-state index in [0.717, 1.165) is 31.0 Å². The summed E-state index contributed by atoms with van der Waals surface area (Å²) in [6.45, 7) is 0. The number of rotatable bonds is 7. The highest BCUT2D eigenvalue weighted by Gasteiger charge is 2.18. The van der Waals surface area contributed by atoms with E-state index in [4.69, 9.17) is 10.4 Å². The van der Waals surface area contributed by atoms with Gasteiger partial charge in [0.2, 0.25) is 0 Å². The molecule has 3 aromatic carbocycles. The number of nitrogens with zero attached hydrogens (tertiary/aromatic N) is 2. The van der Waals surface area contributed by atoms with Crippen molar-refractivity contribution in [2.45, 2.75) is 0 Å². The first-order valence-electron chi connectivity index (χ1n) is 12.1. The lowest BCUT2D eigenvalue weighted by Crippen LogP contribution is -2.08. The van der Waals surface area contributed by atoms with Crippen LogP contribution in [0.25, 0.3) is 36.4 Å². The molecule has 7 heteroatoms. The summed E-state index contributed by atoms with van der Waals surface area (Å²) < 4.78 is 0. The standard InChI is InChI=1S/C32H20N2O2S3/c33-20-22(32(35)36)19-24-13-14-27(37-24)28-15-16-29(38-28)30-17-18-31(39-30)34(23-9-2-1-3-10-23)26-12-6-8-21-7-4-5-11-25(21)26/h1-19H,(H,35,36). The monoisotopic (exact) mass is 560 g/mol. The van der Waals surface area contributed by atoms with Crippen molar-refractivity contribution in [3.63, 3.8) is 0 Å². The molecule has 0 radical (unpaired) electrons. The molecule has 0 saturated heterocycles. The Bertz CT molecular complexity index is 1870. The summed E-state index contributed by atoms with van der Waals surface area (Å²) in [6, 6.07) is 39.4. The molecule has 0 atom stereocenters. The van der Waals surface area contributed by atoms with Gasteiger partial charge in [-0.25, -0.2) is 4.79 Å². The Balaban J connectivity index is 1.35. The number of hydrogen-bond acceptors (Lipinski definition) is 6. The summed E-state index contributed by atoms with van der Waals surface area (Å²) in [5.41, 5.74) is 1.97. The smallest absolute Gasteiger partial charge is 0.346 e. The van der Waals surface area contributed by atoms with Crippen LogP contribution in [0.1, 0.15) is 4.88 Å². The van der Waals surface area contributed by atoms with Crippen LogP contribution in [0, 0.1) is 11.3 Å². The van der Waals surface area contributed by atoms with E-state index < -0.39 is 5.97 Å². The SMILES string of the molecule is N#CC(=Cc1ccc(-c2ccc(-c3ccc(N(c4ccccc4)c4cccc5ccccc45)s3)s2)s1)C(=O)O. The molecule has 0 bridgehead atoms. The first kappa shape index (κ1) is 24.8. The van der Waals surface area contributed by atoms with Crippen LogP contribution in [-0.2, 0) is 4.79 Å². The van der Waals surface area contributed by atoms with Gasteiger partial charge in [-0.3, -0.25) is 0 Å². The Morgan fingerprint density at radius 3 is 2.13 bits per heavy atom. The molecule has 188 valence electrons. The van der Waals surface area contributed by atoms with Crippen molar-refractivity contribution < 1.29 is 9.90 Å². The number of carbonyl (C=O) groups is 1. The van der Waals surface area contributed by atoms with Crippen LogP contribution in [-0.4, -0.2) is 11.1 Å². The molecule has 0 aliphatic carbocycles. The van der Waals surface area contributed by atoms with Gasteiger partial charge in [0.25, 0.3) is 0 Å². The lowest BCUT2D eigenvalue weighted by atomic mass is 10.1. The summed E-state index contributed by atoms with van der Waals surface area (Å²) >= 11 is 4.93. The predicted octanol–water partition coefficient (Wildman–Crippen LogP) is 9.82. The van der Waals surface area contributed by atoms with Crippen LogP contribution in [0.2, 0.25) is 0 Å². The maximum Gasteiger partial charge on any atom is 0.346 e. The highest BCUT2D eigenvalue weighted by atomic mass is 32.1. The minimum absolute atomic E-state index is 0.268. The number of para-hydroxylation sites is 1. The van der Waals surface area contributed by atoms with Crippen molar-refractivity contribution in [2.24, 2.45) is 0 Å². The van der Waals surface area contributed by atoms with E-state index in [-0.39, 0.29) is 5.57 Å². The molecule has 39 heavy (non-hydrogen) atoms. The number of anilines is 3. The molecule has 0 saturated carbocycles. The second-order valence-corrected chi connectivity index (χ2v) is 11.9. The van der Waals surface area contributed by atoms with Gasteiger partial charge < -0.3 is 10.0 Å². The minimum Gasteiger partial charge on any atom is -0.477 e. The summed E-state index contributed by atoms with van der Waals surface area (Å²) in [4.78, 5) is 18.7. The van der Waals surface area contributed by atoms with Gasteiger partial charge in [-0.1, -0.05) is 54.6 Å². The number of thiophene rings is 3. The molecule has 0 spiro atoms. The van der Waals surface area contributed by atoms with Crippen molar-refractivity contribution in [3.05, 3.63) is 120 Å². The van der Waals surface area contributed by atoms with Gasteiger partial charge in [0.05, 0.1) is 5.69 Å². The molecule has 6 rings (SSSR count). The Labute approximate surface area is 237 Å². The molecular weight excluding hydrogens is 541 g/mol. The van der Waals surface area contributed by atoms with E-state index in [1.54, 1.807) is 28.7 Å². The minimum atomic E-state index is -1.22. The van der Waals surface area contributed by atoms with Crippen molar-refractivity contribution >= 4 is 73.2 Å². The molecule has 6 aromatic rings. The Morgan fingerprint density at radius 1 is 0.718 bits per heavy atom. The first-order valence-corrected chi connectivity index (χ1v) is 14.5. The largest absolute Gasteiger partial charge is 0.477 e. The van der Waals surface area contributed by atoms with Gasteiger partial charge in [0.15, 0.2) is 0 Å². The zero-order valence-corrected chi connectivity index (χ0v) is 22.9. The number of nitriles is 1. The van der Waals surface area contributed by atoms with E-state index in [1.165, 1.54) is 37.9 Å². The van der Waals surface area contributed by atoms with Crippen molar-refractivity contribution in [2.75, 3.05) is 4.90 Å². The Kier molecular flexibility index (Phi) is 6.82. The Morgan fingerprint density at radius 2 is 1.36 bits per heavy atom. The van der Waals surface area contributed by atoms with Crippen LogP contribution >= 0.6 is 34.0 Å². The first-order chi connectivity index (χ1) is 19.1.